The highest BCUT2D eigenvalue weighted by atomic mass is 32.2. The van der Waals surface area contributed by atoms with Gasteiger partial charge >= 0.3 is 0 Å². The normalized spacial score (nSPS) is 17.0. The SMILES string of the molecule is O=S(=O)(Cc1ccccc1)N1CCCC(c2cc(-c3ccc(F)cc3)nn2-c2ncccn2)C1. The van der Waals surface area contributed by atoms with Gasteiger partial charge in [0.2, 0.25) is 10.0 Å². The molecule has 0 bridgehead atoms. The van der Waals surface area contributed by atoms with Gasteiger partial charge in [-0.05, 0) is 54.8 Å². The molecule has 1 aliphatic rings. The van der Waals surface area contributed by atoms with Crippen molar-refractivity contribution in [1.29, 1.82) is 0 Å². The molecular weight excluding hydrogens is 453 g/mol. The number of hydrogen-bond donors (Lipinski definition) is 0. The van der Waals surface area contributed by atoms with Gasteiger partial charge in [0.15, 0.2) is 0 Å². The summed E-state index contributed by atoms with van der Waals surface area (Å²) in [7, 11) is -3.47. The number of rotatable bonds is 6. The summed E-state index contributed by atoms with van der Waals surface area (Å²) in [5.41, 5.74) is 3.03. The molecule has 2 aromatic heterocycles. The molecule has 174 valence electrons. The Hall–Kier alpha value is -3.43. The van der Waals surface area contributed by atoms with E-state index < -0.39 is 10.0 Å². The lowest BCUT2D eigenvalue weighted by Gasteiger charge is -2.32. The summed E-state index contributed by atoms with van der Waals surface area (Å²) in [6.07, 6.45) is 4.84. The second-order valence-electron chi connectivity index (χ2n) is 8.36. The first-order valence-electron chi connectivity index (χ1n) is 11.1. The van der Waals surface area contributed by atoms with Crippen molar-refractivity contribution in [2.24, 2.45) is 0 Å². The number of hydrogen-bond acceptors (Lipinski definition) is 5. The molecule has 1 atom stereocenters. The van der Waals surface area contributed by atoms with E-state index in [4.69, 9.17) is 5.10 Å². The van der Waals surface area contributed by atoms with Gasteiger partial charge in [-0.25, -0.2) is 31.8 Å². The summed E-state index contributed by atoms with van der Waals surface area (Å²) in [6.45, 7) is 0.850. The van der Waals surface area contributed by atoms with Gasteiger partial charge in [-0.2, -0.15) is 5.10 Å². The summed E-state index contributed by atoms with van der Waals surface area (Å²) in [4.78, 5) is 8.69. The minimum absolute atomic E-state index is 0.0253. The summed E-state index contributed by atoms with van der Waals surface area (Å²) < 4.78 is 43.1. The Balaban J connectivity index is 1.47. The molecule has 0 N–H and O–H groups in total. The first-order chi connectivity index (χ1) is 16.5. The molecule has 3 heterocycles. The Bertz CT molecular complexity index is 1360. The predicted molar refractivity (Wildman–Crippen MR) is 127 cm³/mol. The van der Waals surface area contributed by atoms with Gasteiger partial charge in [-0.3, -0.25) is 0 Å². The monoisotopic (exact) mass is 477 g/mol. The standard InChI is InChI=1S/C25H24FN5O2S/c26-22-11-9-20(10-12-22)23-16-24(31(29-23)25-27-13-5-14-28-25)21-8-4-15-30(17-21)34(32,33)18-19-6-2-1-3-7-19/h1-3,5-7,9-14,16,21H,4,8,15,17-18H2. The quantitative estimate of drug-likeness (QED) is 0.416. The van der Waals surface area contributed by atoms with E-state index in [2.05, 4.69) is 9.97 Å². The van der Waals surface area contributed by atoms with Gasteiger partial charge in [-0.15, -0.1) is 0 Å². The maximum Gasteiger partial charge on any atom is 0.250 e. The Labute approximate surface area is 198 Å². The number of piperidine rings is 1. The third kappa shape index (κ3) is 4.76. The minimum Gasteiger partial charge on any atom is -0.220 e. The lowest BCUT2D eigenvalue weighted by molar-refractivity contribution is 0.309. The first-order valence-corrected chi connectivity index (χ1v) is 12.8. The summed E-state index contributed by atoms with van der Waals surface area (Å²) >= 11 is 0. The zero-order valence-electron chi connectivity index (χ0n) is 18.5. The number of nitrogens with zero attached hydrogens (tertiary/aromatic N) is 5. The van der Waals surface area contributed by atoms with Crippen LogP contribution in [-0.2, 0) is 15.8 Å². The van der Waals surface area contributed by atoms with E-state index in [0.29, 0.717) is 24.7 Å². The van der Waals surface area contributed by atoms with E-state index in [1.54, 1.807) is 39.6 Å². The molecule has 9 heteroatoms. The fourth-order valence-corrected chi connectivity index (χ4v) is 5.93. The number of aromatic nitrogens is 4. The van der Waals surface area contributed by atoms with Gasteiger partial charge in [0.05, 0.1) is 17.1 Å². The molecule has 1 aliphatic heterocycles. The van der Waals surface area contributed by atoms with Crippen LogP contribution in [0.2, 0.25) is 0 Å². The third-order valence-electron chi connectivity index (χ3n) is 6.01. The Morgan fingerprint density at radius 3 is 2.44 bits per heavy atom. The van der Waals surface area contributed by atoms with Crippen molar-refractivity contribution >= 4 is 10.0 Å². The number of halogens is 1. The van der Waals surface area contributed by atoms with Crippen LogP contribution >= 0.6 is 0 Å². The van der Waals surface area contributed by atoms with Crippen LogP contribution in [0.4, 0.5) is 4.39 Å². The lowest BCUT2D eigenvalue weighted by atomic mass is 9.95. The van der Waals surface area contributed by atoms with Gasteiger partial charge in [0.1, 0.15) is 5.82 Å². The van der Waals surface area contributed by atoms with E-state index in [9.17, 15) is 12.8 Å². The van der Waals surface area contributed by atoms with Crippen LogP contribution in [0.3, 0.4) is 0 Å². The molecule has 0 aliphatic carbocycles. The van der Waals surface area contributed by atoms with E-state index in [-0.39, 0.29) is 17.5 Å². The number of sulfonamides is 1. The molecule has 34 heavy (non-hydrogen) atoms. The van der Waals surface area contributed by atoms with Gasteiger partial charge in [0, 0.05) is 37.0 Å². The predicted octanol–water partition coefficient (Wildman–Crippen LogP) is 4.18. The Kier molecular flexibility index (Phi) is 6.21. The van der Waals surface area contributed by atoms with Crippen molar-refractivity contribution in [2.75, 3.05) is 13.1 Å². The van der Waals surface area contributed by atoms with Crippen molar-refractivity contribution < 1.29 is 12.8 Å². The second kappa shape index (κ2) is 9.44. The van der Waals surface area contributed by atoms with Gasteiger partial charge in [0.25, 0.3) is 5.95 Å². The zero-order valence-corrected chi connectivity index (χ0v) is 19.3. The number of benzene rings is 2. The van der Waals surface area contributed by atoms with E-state index in [0.717, 1.165) is 29.7 Å². The summed E-state index contributed by atoms with van der Waals surface area (Å²) in [6, 6.07) is 19.0. The fourth-order valence-electron chi connectivity index (χ4n) is 4.32. The van der Waals surface area contributed by atoms with Crippen LogP contribution in [0.5, 0.6) is 0 Å². The first kappa shape index (κ1) is 22.4. The molecule has 1 saturated heterocycles. The van der Waals surface area contributed by atoms with Crippen LogP contribution < -0.4 is 0 Å². The van der Waals surface area contributed by atoms with Crippen LogP contribution in [0.25, 0.3) is 17.2 Å². The van der Waals surface area contributed by atoms with Crippen molar-refractivity contribution in [1.82, 2.24) is 24.1 Å². The van der Waals surface area contributed by atoms with Crippen LogP contribution in [0, 0.1) is 5.82 Å². The van der Waals surface area contributed by atoms with E-state index >= 15 is 0 Å². The lowest BCUT2D eigenvalue weighted by Crippen LogP contribution is -2.40. The average Bonchev–Trinajstić information content (AvgIpc) is 3.31. The molecular formula is C25H24FN5O2S. The molecule has 0 spiro atoms. The van der Waals surface area contributed by atoms with Gasteiger partial charge in [-0.1, -0.05) is 30.3 Å². The molecule has 4 aromatic rings. The molecule has 0 radical (unpaired) electrons. The van der Waals surface area contributed by atoms with Crippen LogP contribution in [0.15, 0.2) is 79.1 Å². The largest absolute Gasteiger partial charge is 0.250 e. The van der Waals surface area contributed by atoms with Crippen LogP contribution in [-0.4, -0.2) is 45.6 Å². The molecule has 7 nitrogen and oxygen atoms in total. The van der Waals surface area contributed by atoms with E-state index in [1.807, 2.05) is 36.4 Å². The molecule has 5 rings (SSSR count). The van der Waals surface area contributed by atoms with Crippen LogP contribution in [0.1, 0.15) is 30.0 Å². The molecule has 0 saturated carbocycles. The average molecular weight is 478 g/mol. The molecule has 2 aromatic carbocycles. The molecule has 0 amide bonds. The van der Waals surface area contributed by atoms with E-state index in [1.165, 1.54) is 12.1 Å². The minimum atomic E-state index is -3.47. The second-order valence-corrected chi connectivity index (χ2v) is 10.3. The van der Waals surface area contributed by atoms with Crippen molar-refractivity contribution in [3.05, 3.63) is 96.2 Å². The Morgan fingerprint density at radius 1 is 0.971 bits per heavy atom. The fraction of sp³-hybridized carbons (Fsp3) is 0.240. The maximum absolute atomic E-state index is 13.4. The van der Waals surface area contributed by atoms with Crippen molar-refractivity contribution in [3.8, 4) is 17.2 Å². The molecule has 1 unspecified atom stereocenters. The highest BCUT2D eigenvalue weighted by Gasteiger charge is 2.32. The third-order valence-corrected chi connectivity index (χ3v) is 7.82. The van der Waals surface area contributed by atoms with Crippen molar-refractivity contribution in [2.45, 2.75) is 24.5 Å². The Morgan fingerprint density at radius 2 is 1.71 bits per heavy atom. The van der Waals surface area contributed by atoms with Crippen molar-refractivity contribution in [3.63, 3.8) is 0 Å². The molecule has 1 fully saturated rings. The summed E-state index contributed by atoms with van der Waals surface area (Å²) in [5, 5.41) is 4.71. The summed E-state index contributed by atoms with van der Waals surface area (Å²) in [5.74, 6) is -0.0103. The highest BCUT2D eigenvalue weighted by Crippen LogP contribution is 2.32. The maximum atomic E-state index is 13.4. The van der Waals surface area contributed by atoms with Gasteiger partial charge < -0.3 is 0 Å². The highest BCUT2D eigenvalue weighted by molar-refractivity contribution is 7.88. The smallest absolute Gasteiger partial charge is 0.220 e. The topological polar surface area (TPSA) is 81.0 Å². The zero-order chi connectivity index (χ0) is 23.5.